The number of aryl methyl sites for hydroxylation is 2. The van der Waals surface area contributed by atoms with E-state index in [2.05, 4.69) is 20.2 Å². The molecule has 3 aromatic rings. The second-order valence-electron chi connectivity index (χ2n) is 11.8. The lowest BCUT2D eigenvalue weighted by Crippen LogP contribution is -2.61. The van der Waals surface area contributed by atoms with Gasteiger partial charge in [-0.25, -0.2) is 19.7 Å². The summed E-state index contributed by atoms with van der Waals surface area (Å²) in [6.07, 6.45) is -1.05. The molecule has 3 heterocycles. The molecule has 2 fully saturated rings. The Morgan fingerprint density at radius 2 is 1.79 bits per heavy atom. The highest BCUT2D eigenvalue weighted by molar-refractivity contribution is 5.93. The highest BCUT2D eigenvalue weighted by Crippen LogP contribution is 2.42. The van der Waals surface area contributed by atoms with Gasteiger partial charge in [-0.2, -0.15) is 13.2 Å². The molecule has 1 aliphatic heterocycles. The molecule has 1 aromatic carbocycles. The van der Waals surface area contributed by atoms with Gasteiger partial charge in [0.25, 0.3) is 5.91 Å². The fourth-order valence-electron chi connectivity index (χ4n) is 5.53. The minimum atomic E-state index is -4.38. The van der Waals surface area contributed by atoms with Crippen molar-refractivity contribution in [2.45, 2.75) is 64.7 Å². The van der Waals surface area contributed by atoms with Crippen LogP contribution >= 0.6 is 0 Å². The van der Waals surface area contributed by atoms with E-state index in [9.17, 15) is 22.8 Å². The van der Waals surface area contributed by atoms with Crippen LogP contribution in [0.4, 0.5) is 24.8 Å². The lowest BCUT2D eigenvalue weighted by molar-refractivity contribution is -0.137. The largest absolute Gasteiger partial charge is 0.465 e. The van der Waals surface area contributed by atoms with Gasteiger partial charge < -0.3 is 19.9 Å². The van der Waals surface area contributed by atoms with Gasteiger partial charge in [-0.15, -0.1) is 0 Å². The molecule has 1 aliphatic carbocycles. The third-order valence-corrected chi connectivity index (χ3v) is 7.97. The summed E-state index contributed by atoms with van der Waals surface area (Å²) >= 11 is 0. The first-order chi connectivity index (χ1) is 20.3. The molecule has 43 heavy (non-hydrogen) atoms. The maximum Gasteiger partial charge on any atom is 0.416 e. The summed E-state index contributed by atoms with van der Waals surface area (Å²) in [6.45, 7) is 9.43. The number of nitrogens with one attached hydrogen (secondary N) is 1. The second-order valence-corrected chi connectivity index (χ2v) is 11.8. The number of amides is 1. The normalized spacial score (nSPS) is 16.7. The molecular weight excluding hydrogens is 561 g/mol. The molecule has 2 aromatic heterocycles. The molecule has 2 aliphatic rings. The third-order valence-electron chi connectivity index (χ3n) is 7.97. The van der Waals surface area contributed by atoms with E-state index in [1.165, 1.54) is 25.4 Å². The second kappa shape index (κ2) is 11.5. The van der Waals surface area contributed by atoms with Crippen LogP contribution in [-0.4, -0.2) is 64.0 Å². The number of hydrogen-bond acceptors (Lipinski definition) is 8. The van der Waals surface area contributed by atoms with E-state index < -0.39 is 23.2 Å². The van der Waals surface area contributed by atoms with Crippen molar-refractivity contribution >= 4 is 23.5 Å². The number of aromatic nitrogens is 3. The first-order valence-corrected chi connectivity index (χ1v) is 14.2. The molecule has 9 nitrogen and oxygen atoms in total. The minimum absolute atomic E-state index is 0.186. The van der Waals surface area contributed by atoms with E-state index >= 15 is 0 Å². The summed E-state index contributed by atoms with van der Waals surface area (Å²) in [5.74, 6) is 0.829. The van der Waals surface area contributed by atoms with Gasteiger partial charge in [-0.1, -0.05) is 12.1 Å². The lowest BCUT2D eigenvalue weighted by atomic mass is 9.97. The van der Waals surface area contributed by atoms with Crippen LogP contribution in [0.3, 0.4) is 0 Å². The fourth-order valence-corrected chi connectivity index (χ4v) is 5.53. The van der Waals surface area contributed by atoms with Gasteiger partial charge in [0.1, 0.15) is 17.3 Å². The number of anilines is 2. The fraction of sp³-hybridized carbons (Fsp3) is 0.452. The number of carbonyl (C=O) groups excluding carboxylic acids is 2. The Morgan fingerprint density at radius 3 is 2.37 bits per heavy atom. The van der Waals surface area contributed by atoms with E-state index in [-0.39, 0.29) is 24.1 Å². The summed E-state index contributed by atoms with van der Waals surface area (Å²) in [6, 6.07) is 6.86. The van der Waals surface area contributed by atoms with Crippen molar-refractivity contribution in [3.8, 4) is 0 Å². The Labute approximate surface area is 248 Å². The standard InChI is InChI=1S/C31H35F3N6O3/c1-18-14-24(37-19(2)25(18)29(42)43-5)39-12-13-40(30(3,4)17-39)28(41)23-16-36-27(26(38-23)21-8-9-21)35-15-20-6-10-22(11-7-20)31(32,33)34/h6-7,10-11,14,16,21H,8-9,12-13,15,17H2,1-5H3,(H,35,36). The highest BCUT2D eigenvalue weighted by atomic mass is 19.4. The van der Waals surface area contributed by atoms with Crippen LogP contribution in [0, 0.1) is 13.8 Å². The van der Waals surface area contributed by atoms with Gasteiger partial charge in [-0.3, -0.25) is 4.79 Å². The summed E-state index contributed by atoms with van der Waals surface area (Å²) in [5, 5.41) is 3.20. The maximum atomic E-state index is 13.7. The topological polar surface area (TPSA) is 101 Å². The predicted molar refractivity (Wildman–Crippen MR) is 155 cm³/mol. The van der Waals surface area contributed by atoms with Gasteiger partial charge in [0.05, 0.1) is 41.4 Å². The van der Waals surface area contributed by atoms with Crippen molar-refractivity contribution in [3.05, 3.63) is 75.9 Å². The third kappa shape index (κ3) is 6.42. The smallest absolute Gasteiger partial charge is 0.416 e. The van der Waals surface area contributed by atoms with Gasteiger partial charge in [0.2, 0.25) is 0 Å². The number of halogens is 3. The SMILES string of the molecule is COC(=O)c1c(C)cc(N2CCN(C(=O)c3cnc(NCc4ccc(C(F)(F)F)cc4)c(C4CC4)n3)C(C)(C)C2)nc1C. The van der Waals surface area contributed by atoms with Crippen molar-refractivity contribution in [1.29, 1.82) is 0 Å². The van der Waals surface area contributed by atoms with E-state index in [1.54, 1.807) is 6.92 Å². The Bertz CT molecular complexity index is 1510. The van der Waals surface area contributed by atoms with Crippen LogP contribution in [0.5, 0.6) is 0 Å². The number of benzene rings is 1. The Kier molecular flexibility index (Phi) is 8.06. The van der Waals surface area contributed by atoms with Crippen molar-refractivity contribution in [2.75, 3.05) is 37.0 Å². The summed E-state index contributed by atoms with van der Waals surface area (Å²) in [4.78, 5) is 43.8. The van der Waals surface area contributed by atoms with Crippen molar-refractivity contribution in [3.63, 3.8) is 0 Å². The monoisotopic (exact) mass is 596 g/mol. The molecule has 0 atom stereocenters. The summed E-state index contributed by atoms with van der Waals surface area (Å²) < 4.78 is 43.6. The molecule has 1 amide bonds. The average molecular weight is 597 g/mol. The van der Waals surface area contributed by atoms with Gasteiger partial charge in [0, 0.05) is 32.1 Å². The number of nitrogens with zero attached hydrogens (tertiary/aromatic N) is 5. The zero-order valence-electron chi connectivity index (χ0n) is 24.9. The van der Waals surface area contributed by atoms with Crippen LogP contribution < -0.4 is 10.2 Å². The zero-order chi connectivity index (χ0) is 31.1. The van der Waals surface area contributed by atoms with Crippen LogP contribution in [0.2, 0.25) is 0 Å². The Hall–Kier alpha value is -4.22. The number of ether oxygens (including phenoxy) is 1. The first-order valence-electron chi connectivity index (χ1n) is 14.2. The molecule has 5 rings (SSSR count). The van der Waals surface area contributed by atoms with Crippen LogP contribution in [0.1, 0.15) is 81.5 Å². The van der Waals surface area contributed by atoms with E-state index in [4.69, 9.17) is 9.72 Å². The number of piperazine rings is 1. The van der Waals surface area contributed by atoms with Crippen molar-refractivity contribution < 1.29 is 27.5 Å². The van der Waals surface area contributed by atoms with E-state index in [0.29, 0.717) is 48.0 Å². The zero-order valence-corrected chi connectivity index (χ0v) is 24.9. The van der Waals surface area contributed by atoms with E-state index in [0.717, 1.165) is 36.4 Å². The van der Waals surface area contributed by atoms with E-state index in [1.807, 2.05) is 31.7 Å². The molecule has 12 heteroatoms. The van der Waals surface area contributed by atoms with Crippen molar-refractivity contribution in [1.82, 2.24) is 19.9 Å². The number of pyridine rings is 1. The predicted octanol–water partition coefficient (Wildman–Crippen LogP) is 5.52. The number of carbonyl (C=O) groups is 2. The highest BCUT2D eigenvalue weighted by Gasteiger charge is 2.39. The molecule has 228 valence electrons. The summed E-state index contributed by atoms with van der Waals surface area (Å²) in [5.41, 5.74) is 2.22. The number of methoxy groups -OCH3 is 1. The molecule has 0 bridgehead atoms. The lowest BCUT2D eigenvalue weighted by Gasteiger charge is -2.47. The van der Waals surface area contributed by atoms with Crippen LogP contribution in [0.15, 0.2) is 36.5 Å². The summed E-state index contributed by atoms with van der Waals surface area (Å²) in [7, 11) is 1.35. The molecule has 0 unspecified atom stereocenters. The molecule has 1 N–H and O–H groups in total. The number of esters is 1. The first kappa shape index (κ1) is 30.2. The Morgan fingerprint density at radius 1 is 1.09 bits per heavy atom. The number of alkyl halides is 3. The van der Waals surface area contributed by atoms with Crippen LogP contribution in [0.25, 0.3) is 0 Å². The molecule has 1 saturated heterocycles. The molecule has 0 spiro atoms. The van der Waals surface area contributed by atoms with Gasteiger partial charge in [-0.05, 0) is 69.9 Å². The van der Waals surface area contributed by atoms with Gasteiger partial charge in [0.15, 0.2) is 0 Å². The molecule has 1 saturated carbocycles. The average Bonchev–Trinajstić information content (AvgIpc) is 3.80. The Balaban J connectivity index is 1.29. The minimum Gasteiger partial charge on any atom is -0.465 e. The van der Waals surface area contributed by atoms with Crippen LogP contribution in [-0.2, 0) is 17.5 Å². The van der Waals surface area contributed by atoms with Gasteiger partial charge >= 0.3 is 12.1 Å². The number of hydrogen-bond donors (Lipinski definition) is 1. The number of rotatable bonds is 7. The molecular formula is C31H35F3N6O3. The quantitative estimate of drug-likeness (QED) is 0.356. The maximum absolute atomic E-state index is 13.7. The van der Waals surface area contributed by atoms with Crippen molar-refractivity contribution in [2.24, 2.45) is 0 Å². The molecule has 0 radical (unpaired) electrons.